The quantitative estimate of drug-likeness (QED) is 0.437. The molecule has 0 atom stereocenters. The van der Waals surface area contributed by atoms with E-state index < -0.39 is 11.2 Å². The normalized spacial score (nSPS) is 11.0. The van der Waals surface area contributed by atoms with Gasteiger partial charge in [0.25, 0.3) is 0 Å². The van der Waals surface area contributed by atoms with Crippen LogP contribution in [0.4, 0.5) is 5.69 Å². The fourth-order valence-corrected chi connectivity index (χ4v) is 4.11. The summed E-state index contributed by atoms with van der Waals surface area (Å²) in [5.74, 6) is -0.408. The number of carbonyl (C=O) groups is 1. The van der Waals surface area contributed by atoms with Crippen LogP contribution in [0, 0.1) is 10.4 Å². The maximum atomic E-state index is 12.0. The van der Waals surface area contributed by atoms with Crippen LogP contribution < -0.4 is 9.96 Å². The number of aromatic carboxylic acids is 1. The summed E-state index contributed by atoms with van der Waals surface area (Å²) in [6.45, 7) is 0. The first-order chi connectivity index (χ1) is 15.0. The maximum absolute atomic E-state index is 12.0. The first kappa shape index (κ1) is 20.7. The summed E-state index contributed by atoms with van der Waals surface area (Å²) in [5, 5.41) is 33.9. The van der Waals surface area contributed by atoms with Crippen molar-refractivity contribution in [1.29, 1.82) is 0 Å². The molecule has 156 valence electrons. The third kappa shape index (κ3) is 4.18. The number of thiazole rings is 1. The molecular formula is C23H17N2O5S-. The molecule has 0 aliphatic rings. The topological polar surface area (TPSA) is 110 Å². The van der Waals surface area contributed by atoms with Gasteiger partial charge < -0.3 is 25.5 Å². The van der Waals surface area contributed by atoms with Crippen molar-refractivity contribution in [3.8, 4) is 38.7 Å². The van der Waals surface area contributed by atoms with Crippen molar-refractivity contribution >= 4 is 23.0 Å². The zero-order valence-electron chi connectivity index (χ0n) is 16.4. The molecule has 0 fully saturated rings. The van der Waals surface area contributed by atoms with E-state index in [2.05, 4.69) is 4.98 Å². The summed E-state index contributed by atoms with van der Waals surface area (Å²) < 4.78 is 5.17. The van der Waals surface area contributed by atoms with Crippen LogP contribution in [-0.2, 0) is 0 Å². The second-order valence-corrected chi connectivity index (χ2v) is 7.52. The molecule has 0 bridgehead atoms. The van der Waals surface area contributed by atoms with Crippen LogP contribution in [-0.4, -0.2) is 23.2 Å². The summed E-state index contributed by atoms with van der Waals surface area (Å²) in [4.78, 5) is 16.6. The summed E-state index contributed by atoms with van der Waals surface area (Å²) in [5.41, 5.74) is 2.86. The van der Waals surface area contributed by atoms with Gasteiger partial charge in [-0.05, 0) is 36.4 Å². The monoisotopic (exact) mass is 433 g/mol. The van der Waals surface area contributed by atoms with Crippen molar-refractivity contribution in [2.75, 3.05) is 7.11 Å². The molecule has 31 heavy (non-hydrogen) atoms. The highest BCUT2D eigenvalue weighted by molar-refractivity contribution is 7.13. The van der Waals surface area contributed by atoms with E-state index >= 15 is 0 Å². The molecule has 3 aromatic carbocycles. The van der Waals surface area contributed by atoms with Crippen molar-refractivity contribution in [1.82, 2.24) is 4.98 Å². The summed E-state index contributed by atoms with van der Waals surface area (Å²) in [6.07, 6.45) is 0. The SMILES string of the molecule is COc1ccc(-c2csc(-c3ccc(-c4ccccc4[NH+]([O-])[O-])c(C(=O)O)c3)n2)cc1. The van der Waals surface area contributed by atoms with E-state index in [1.165, 1.54) is 23.5 Å². The summed E-state index contributed by atoms with van der Waals surface area (Å²) in [6, 6.07) is 18.5. The Balaban J connectivity index is 1.74. The number of carboxylic acid groups (broad SMARTS) is 1. The molecule has 0 saturated heterocycles. The number of aromatic nitrogens is 1. The minimum absolute atomic E-state index is 0.00704. The van der Waals surface area contributed by atoms with E-state index in [4.69, 9.17) is 4.74 Å². The lowest BCUT2D eigenvalue weighted by Gasteiger charge is -2.27. The van der Waals surface area contributed by atoms with Crippen molar-refractivity contribution in [3.63, 3.8) is 0 Å². The number of hydrogen-bond donors (Lipinski definition) is 2. The van der Waals surface area contributed by atoms with Gasteiger partial charge in [-0.15, -0.1) is 11.3 Å². The third-order valence-electron chi connectivity index (χ3n) is 4.82. The molecule has 0 aliphatic heterocycles. The number of hydrogen-bond acceptors (Lipinski definition) is 6. The number of methoxy groups -OCH3 is 1. The molecule has 4 aromatic rings. The standard InChI is InChI=1S/C23H17N2O5S/c1-30-16-9-6-14(7-10-16)20-13-31-22(24-20)15-8-11-17(19(12-15)23(26)27)18-4-2-3-5-21(18)25(28)29/h2-13,25H,1H3,(H,26,27)/q-1. The van der Waals surface area contributed by atoms with Gasteiger partial charge in [-0.25, -0.2) is 9.78 Å². The average molecular weight is 433 g/mol. The van der Waals surface area contributed by atoms with E-state index in [1.54, 1.807) is 37.4 Å². The lowest BCUT2D eigenvalue weighted by Crippen LogP contribution is -2.96. The Bertz CT molecular complexity index is 1230. The summed E-state index contributed by atoms with van der Waals surface area (Å²) >= 11 is 1.40. The zero-order chi connectivity index (χ0) is 22.0. The summed E-state index contributed by atoms with van der Waals surface area (Å²) in [7, 11) is 1.60. The lowest BCUT2D eigenvalue weighted by atomic mass is 9.96. The Morgan fingerprint density at radius 1 is 1.00 bits per heavy atom. The predicted molar refractivity (Wildman–Crippen MR) is 119 cm³/mol. The number of quaternary nitrogens is 1. The Kier molecular flexibility index (Phi) is 5.79. The highest BCUT2D eigenvalue weighted by Gasteiger charge is 2.18. The Morgan fingerprint density at radius 2 is 1.71 bits per heavy atom. The highest BCUT2D eigenvalue weighted by Crippen LogP contribution is 2.34. The van der Waals surface area contributed by atoms with Crippen LogP contribution in [0.2, 0.25) is 0 Å². The van der Waals surface area contributed by atoms with Gasteiger partial charge in [0, 0.05) is 33.7 Å². The fraction of sp³-hybridized carbons (Fsp3) is 0.0435. The number of carboxylic acids is 1. The second kappa shape index (κ2) is 8.66. The van der Waals surface area contributed by atoms with Gasteiger partial charge in [-0.3, -0.25) is 0 Å². The molecule has 0 radical (unpaired) electrons. The number of ether oxygens (including phenoxy) is 1. The van der Waals surface area contributed by atoms with Gasteiger partial charge in [0.15, 0.2) is 0 Å². The molecule has 7 nitrogen and oxygen atoms in total. The fourth-order valence-electron chi connectivity index (χ4n) is 3.29. The van der Waals surface area contributed by atoms with Crippen LogP contribution in [0.25, 0.3) is 33.0 Å². The van der Waals surface area contributed by atoms with E-state index in [9.17, 15) is 20.3 Å². The molecule has 8 heteroatoms. The van der Waals surface area contributed by atoms with Crippen molar-refractivity contribution in [2.24, 2.45) is 0 Å². The molecular weight excluding hydrogens is 416 g/mol. The van der Waals surface area contributed by atoms with Gasteiger partial charge in [-0.2, -0.15) is 0 Å². The van der Waals surface area contributed by atoms with Gasteiger partial charge in [0.2, 0.25) is 0 Å². The van der Waals surface area contributed by atoms with Gasteiger partial charge in [-0.1, -0.05) is 24.3 Å². The second-order valence-electron chi connectivity index (χ2n) is 6.66. The molecule has 4 rings (SSSR count). The minimum Gasteiger partial charge on any atom is -0.628 e. The maximum Gasteiger partial charge on any atom is 0.336 e. The third-order valence-corrected chi connectivity index (χ3v) is 5.72. The van der Waals surface area contributed by atoms with E-state index in [-0.39, 0.29) is 11.3 Å². The number of rotatable bonds is 6. The van der Waals surface area contributed by atoms with Gasteiger partial charge in [0.1, 0.15) is 16.4 Å². The number of nitrogens with zero attached hydrogens (tertiary/aromatic N) is 1. The van der Waals surface area contributed by atoms with Crippen LogP contribution in [0.1, 0.15) is 10.4 Å². The number of nitrogens with one attached hydrogen (secondary N) is 1. The largest absolute Gasteiger partial charge is 0.628 e. The Morgan fingerprint density at radius 3 is 2.39 bits per heavy atom. The zero-order valence-corrected chi connectivity index (χ0v) is 17.2. The minimum atomic E-state index is -1.36. The average Bonchev–Trinajstić information content (AvgIpc) is 3.29. The molecule has 1 aromatic heterocycles. The molecule has 0 spiro atoms. The number of benzene rings is 3. The Labute approximate surface area is 182 Å². The molecule has 0 aliphatic carbocycles. The first-order valence-electron chi connectivity index (χ1n) is 9.26. The predicted octanol–water partition coefficient (Wildman–Crippen LogP) is 4.36. The van der Waals surface area contributed by atoms with E-state index in [1.807, 2.05) is 29.6 Å². The van der Waals surface area contributed by atoms with Crippen molar-refractivity contribution in [3.05, 3.63) is 88.1 Å². The first-order valence-corrected chi connectivity index (χ1v) is 10.1. The van der Waals surface area contributed by atoms with Gasteiger partial charge in [0.05, 0.1) is 18.4 Å². The van der Waals surface area contributed by atoms with E-state index in [0.29, 0.717) is 21.7 Å². The van der Waals surface area contributed by atoms with Crippen molar-refractivity contribution in [2.45, 2.75) is 0 Å². The van der Waals surface area contributed by atoms with Crippen LogP contribution in [0.3, 0.4) is 0 Å². The van der Waals surface area contributed by atoms with E-state index in [0.717, 1.165) is 17.0 Å². The van der Waals surface area contributed by atoms with Crippen LogP contribution in [0.5, 0.6) is 5.75 Å². The Hall–Kier alpha value is -3.56. The van der Waals surface area contributed by atoms with Crippen LogP contribution >= 0.6 is 11.3 Å². The molecule has 2 N–H and O–H groups in total. The molecule has 0 saturated carbocycles. The lowest BCUT2D eigenvalue weighted by molar-refractivity contribution is -0.714. The van der Waals surface area contributed by atoms with Gasteiger partial charge >= 0.3 is 5.97 Å². The van der Waals surface area contributed by atoms with Crippen LogP contribution in [0.15, 0.2) is 72.1 Å². The molecule has 0 amide bonds. The van der Waals surface area contributed by atoms with Crippen molar-refractivity contribution < 1.29 is 19.9 Å². The smallest absolute Gasteiger partial charge is 0.336 e. The highest BCUT2D eigenvalue weighted by atomic mass is 32.1. The molecule has 0 unspecified atom stereocenters. The molecule has 1 heterocycles.